The fraction of sp³-hybridized carbons (Fsp3) is 0.846. The zero-order valence-corrected chi connectivity index (χ0v) is 13.4. The molecular weight excluding hydrogens is 260 g/mol. The fourth-order valence-electron chi connectivity index (χ4n) is 1.41. The van der Waals surface area contributed by atoms with Crippen LogP contribution < -0.4 is 10.6 Å². The van der Waals surface area contributed by atoms with Crippen molar-refractivity contribution in [3.8, 4) is 0 Å². The summed E-state index contributed by atoms with van der Waals surface area (Å²) in [7, 11) is 5.08. The number of aliphatic imine (C=N–C) groups is 1. The highest BCUT2D eigenvalue weighted by Crippen LogP contribution is 2.09. The van der Waals surface area contributed by atoms with E-state index in [1.165, 1.54) is 0 Å². The van der Waals surface area contributed by atoms with E-state index in [0.717, 1.165) is 0 Å². The zero-order valence-electron chi connectivity index (χ0n) is 13.4. The number of hydrogen-bond acceptors (Lipinski definition) is 4. The molecule has 0 rings (SSSR count). The van der Waals surface area contributed by atoms with Gasteiger partial charge in [0.2, 0.25) is 0 Å². The largest absolute Gasteiger partial charge is 0.444 e. The van der Waals surface area contributed by atoms with Gasteiger partial charge in [-0.15, -0.1) is 0 Å². The smallest absolute Gasteiger partial charge is 0.410 e. The minimum absolute atomic E-state index is 0.337. The number of nitrogens with zero attached hydrogens (tertiary/aromatic N) is 2. The highest BCUT2D eigenvalue weighted by atomic mass is 16.6. The van der Waals surface area contributed by atoms with E-state index < -0.39 is 5.60 Å². The summed E-state index contributed by atoms with van der Waals surface area (Å²) in [5, 5.41) is 6.01. The van der Waals surface area contributed by atoms with Gasteiger partial charge in [-0.1, -0.05) is 0 Å². The Balaban J connectivity index is 4.37. The molecule has 7 nitrogen and oxygen atoms in total. The molecular formula is C13H28N4O3. The van der Waals surface area contributed by atoms with Crippen molar-refractivity contribution >= 4 is 12.1 Å². The highest BCUT2D eigenvalue weighted by Gasteiger charge is 2.21. The molecule has 0 saturated carbocycles. The summed E-state index contributed by atoms with van der Waals surface area (Å²) >= 11 is 0. The molecule has 0 aliphatic heterocycles. The topological polar surface area (TPSA) is 75.2 Å². The molecule has 0 saturated heterocycles. The van der Waals surface area contributed by atoms with E-state index in [2.05, 4.69) is 15.6 Å². The third kappa shape index (κ3) is 8.58. The fourth-order valence-corrected chi connectivity index (χ4v) is 1.41. The lowest BCUT2D eigenvalue weighted by Crippen LogP contribution is -2.44. The minimum Gasteiger partial charge on any atom is -0.444 e. The second kappa shape index (κ2) is 9.41. The van der Waals surface area contributed by atoms with Crippen LogP contribution in [0.3, 0.4) is 0 Å². The van der Waals surface area contributed by atoms with Gasteiger partial charge in [0.25, 0.3) is 0 Å². The van der Waals surface area contributed by atoms with E-state index in [1.54, 1.807) is 26.1 Å². The number of ether oxygens (including phenoxy) is 2. The number of hydrogen-bond donors (Lipinski definition) is 2. The molecule has 7 heteroatoms. The maximum atomic E-state index is 12.1. The summed E-state index contributed by atoms with van der Waals surface area (Å²) < 4.78 is 10.4. The Morgan fingerprint density at radius 1 is 1.30 bits per heavy atom. The van der Waals surface area contributed by atoms with Crippen molar-refractivity contribution in [2.45, 2.75) is 26.4 Å². The lowest BCUT2D eigenvalue weighted by atomic mass is 10.2. The van der Waals surface area contributed by atoms with Crippen LogP contribution in [0.2, 0.25) is 0 Å². The first-order chi connectivity index (χ1) is 9.34. The van der Waals surface area contributed by atoms with Crippen LogP contribution in [0.25, 0.3) is 0 Å². The third-order valence-corrected chi connectivity index (χ3v) is 2.35. The van der Waals surface area contributed by atoms with Gasteiger partial charge in [0.05, 0.1) is 6.61 Å². The second-order valence-electron chi connectivity index (χ2n) is 5.21. The number of amides is 1. The van der Waals surface area contributed by atoms with Crippen LogP contribution in [-0.2, 0) is 9.47 Å². The monoisotopic (exact) mass is 288 g/mol. The van der Waals surface area contributed by atoms with Gasteiger partial charge in [-0.3, -0.25) is 4.99 Å². The maximum Gasteiger partial charge on any atom is 0.410 e. The summed E-state index contributed by atoms with van der Waals surface area (Å²) in [5.41, 5.74) is -0.503. The summed E-state index contributed by atoms with van der Waals surface area (Å²) in [6, 6.07) is 0. The van der Waals surface area contributed by atoms with Crippen LogP contribution in [0.5, 0.6) is 0 Å². The molecule has 0 aliphatic rings. The van der Waals surface area contributed by atoms with Crippen molar-refractivity contribution in [2.75, 3.05) is 47.4 Å². The molecule has 0 heterocycles. The van der Waals surface area contributed by atoms with Crippen LogP contribution in [-0.4, -0.2) is 70.0 Å². The quantitative estimate of drug-likeness (QED) is 0.555. The number of carbonyl (C=O) groups excluding carboxylic acids is 1. The van der Waals surface area contributed by atoms with E-state index in [4.69, 9.17) is 9.47 Å². The Hall–Kier alpha value is -1.50. The average molecular weight is 288 g/mol. The predicted octanol–water partition coefficient (Wildman–Crippen LogP) is 0.665. The normalized spacial score (nSPS) is 12.0. The maximum absolute atomic E-state index is 12.1. The zero-order chi connectivity index (χ0) is 15.6. The number of methoxy groups -OCH3 is 1. The van der Waals surface area contributed by atoms with Crippen molar-refractivity contribution in [3.05, 3.63) is 0 Å². The van der Waals surface area contributed by atoms with E-state index >= 15 is 0 Å². The Kier molecular flexibility index (Phi) is 8.71. The summed E-state index contributed by atoms with van der Waals surface area (Å²) in [4.78, 5) is 17.7. The molecule has 1 amide bonds. The first-order valence-corrected chi connectivity index (χ1v) is 6.69. The summed E-state index contributed by atoms with van der Waals surface area (Å²) in [6.07, 6.45) is -0.337. The molecule has 0 bridgehead atoms. The predicted molar refractivity (Wildman–Crippen MR) is 80.1 cm³/mol. The molecule has 118 valence electrons. The van der Waals surface area contributed by atoms with Crippen LogP contribution in [0, 0.1) is 0 Å². The van der Waals surface area contributed by atoms with E-state index in [-0.39, 0.29) is 6.09 Å². The van der Waals surface area contributed by atoms with Gasteiger partial charge in [0.15, 0.2) is 5.96 Å². The standard InChI is InChI=1S/C13H28N4O3/c1-13(2,3)20-12(18)17(9-10-19-6)8-7-16-11(14-4)15-5/h7-10H2,1-6H3,(H2,14,15,16). The molecule has 0 atom stereocenters. The lowest BCUT2D eigenvalue weighted by Gasteiger charge is -2.27. The van der Waals surface area contributed by atoms with E-state index in [0.29, 0.717) is 32.2 Å². The molecule has 2 N–H and O–H groups in total. The molecule has 0 aromatic heterocycles. The van der Waals surface area contributed by atoms with Gasteiger partial charge in [-0.05, 0) is 20.8 Å². The molecule has 0 unspecified atom stereocenters. The Morgan fingerprint density at radius 2 is 1.95 bits per heavy atom. The van der Waals surface area contributed by atoms with Crippen LogP contribution in [0.1, 0.15) is 20.8 Å². The lowest BCUT2D eigenvalue weighted by molar-refractivity contribution is 0.0206. The van der Waals surface area contributed by atoms with Crippen molar-refractivity contribution in [3.63, 3.8) is 0 Å². The first-order valence-electron chi connectivity index (χ1n) is 6.69. The molecule has 0 spiro atoms. The molecule has 0 fully saturated rings. The Morgan fingerprint density at radius 3 is 2.40 bits per heavy atom. The first kappa shape index (κ1) is 18.5. The third-order valence-electron chi connectivity index (χ3n) is 2.35. The van der Waals surface area contributed by atoms with Crippen molar-refractivity contribution < 1.29 is 14.3 Å². The van der Waals surface area contributed by atoms with Crippen molar-refractivity contribution in [2.24, 2.45) is 4.99 Å². The molecule has 0 aromatic carbocycles. The number of guanidine groups is 1. The van der Waals surface area contributed by atoms with E-state index in [1.807, 2.05) is 20.8 Å². The van der Waals surface area contributed by atoms with Crippen molar-refractivity contribution in [1.82, 2.24) is 15.5 Å². The Bertz CT molecular complexity index is 313. The van der Waals surface area contributed by atoms with Gasteiger partial charge in [-0.25, -0.2) is 4.79 Å². The summed E-state index contributed by atoms with van der Waals surface area (Å²) in [5.74, 6) is 0.681. The van der Waals surface area contributed by atoms with Gasteiger partial charge in [0.1, 0.15) is 5.60 Å². The van der Waals surface area contributed by atoms with Crippen LogP contribution in [0.4, 0.5) is 4.79 Å². The number of nitrogens with one attached hydrogen (secondary N) is 2. The van der Waals surface area contributed by atoms with Crippen LogP contribution >= 0.6 is 0 Å². The Labute approximate surface area is 121 Å². The molecule has 0 radical (unpaired) electrons. The molecule has 0 aromatic rings. The van der Waals surface area contributed by atoms with Gasteiger partial charge in [-0.2, -0.15) is 0 Å². The molecule has 20 heavy (non-hydrogen) atoms. The summed E-state index contributed by atoms with van der Waals surface area (Å²) in [6.45, 7) is 7.60. The van der Waals surface area contributed by atoms with Crippen LogP contribution in [0.15, 0.2) is 4.99 Å². The SMILES string of the molecule is CN=C(NC)NCCN(CCOC)C(=O)OC(C)(C)C. The highest BCUT2D eigenvalue weighted by molar-refractivity contribution is 5.79. The van der Waals surface area contributed by atoms with Gasteiger partial charge < -0.3 is 25.0 Å². The van der Waals surface area contributed by atoms with Gasteiger partial charge >= 0.3 is 6.09 Å². The number of rotatable bonds is 6. The average Bonchev–Trinajstić information content (AvgIpc) is 2.36. The van der Waals surface area contributed by atoms with Gasteiger partial charge in [0, 0.05) is 40.8 Å². The van der Waals surface area contributed by atoms with E-state index in [9.17, 15) is 4.79 Å². The number of carbonyl (C=O) groups is 1. The van der Waals surface area contributed by atoms with Crippen molar-refractivity contribution in [1.29, 1.82) is 0 Å². The second-order valence-corrected chi connectivity index (χ2v) is 5.21. The molecule has 0 aliphatic carbocycles. The minimum atomic E-state index is -0.503.